The first kappa shape index (κ1) is 12.9. The van der Waals surface area contributed by atoms with Crippen molar-refractivity contribution in [2.45, 2.75) is 24.7 Å². The van der Waals surface area contributed by atoms with Gasteiger partial charge in [0.1, 0.15) is 5.75 Å². The van der Waals surface area contributed by atoms with E-state index in [0.717, 1.165) is 17.2 Å². The number of fused-ring (bicyclic) bond motifs is 1. The first-order valence-electron chi connectivity index (χ1n) is 5.98. The lowest BCUT2D eigenvalue weighted by Gasteiger charge is -2.05. The predicted octanol–water partition coefficient (Wildman–Crippen LogP) is 3.12. The molecule has 0 saturated heterocycles. The maximum Gasteiger partial charge on any atom is 0.178 e. The molecule has 2 aromatic carbocycles. The molecule has 0 atom stereocenters. The summed E-state index contributed by atoms with van der Waals surface area (Å²) in [4.78, 5) is 0.356. The fourth-order valence-corrected chi connectivity index (χ4v) is 3.34. The molecule has 0 aliphatic carbocycles. The van der Waals surface area contributed by atoms with Crippen LogP contribution in [0, 0.1) is 0 Å². The smallest absolute Gasteiger partial charge is 0.178 e. The second kappa shape index (κ2) is 4.98. The molecule has 4 heteroatoms. The van der Waals surface area contributed by atoms with Crippen LogP contribution >= 0.6 is 0 Å². The van der Waals surface area contributed by atoms with E-state index in [4.69, 9.17) is 0 Å². The molecular weight excluding hydrogens is 248 g/mol. The third-order valence-electron chi connectivity index (χ3n) is 2.92. The van der Waals surface area contributed by atoms with Crippen molar-refractivity contribution in [3.05, 3.63) is 36.4 Å². The summed E-state index contributed by atoms with van der Waals surface area (Å²) in [6, 6.07) is 9.91. The van der Waals surface area contributed by atoms with Crippen LogP contribution in [0.2, 0.25) is 0 Å². The molecule has 0 unspecified atom stereocenters. The van der Waals surface area contributed by atoms with Crippen molar-refractivity contribution in [2.75, 3.05) is 5.75 Å². The van der Waals surface area contributed by atoms with Crippen LogP contribution in [0.15, 0.2) is 41.3 Å². The Labute approximate surface area is 107 Å². The molecule has 0 radical (unpaired) electrons. The summed E-state index contributed by atoms with van der Waals surface area (Å²) in [5, 5.41) is 11.0. The Bertz CT molecular complexity index is 660. The molecule has 1 N–H and O–H groups in total. The zero-order chi connectivity index (χ0) is 13.2. The first-order chi connectivity index (χ1) is 8.53. The highest BCUT2D eigenvalue weighted by Gasteiger charge is 2.13. The number of phenolic OH excluding ortho intramolecular Hbond substituents is 1. The third-order valence-corrected chi connectivity index (χ3v) is 4.72. The molecule has 0 bridgehead atoms. The van der Waals surface area contributed by atoms with E-state index < -0.39 is 9.84 Å². The Kier molecular flexibility index (Phi) is 3.57. The number of hydrogen-bond donors (Lipinski definition) is 1. The average Bonchev–Trinajstić information content (AvgIpc) is 2.35. The predicted molar refractivity (Wildman–Crippen MR) is 72.6 cm³/mol. The van der Waals surface area contributed by atoms with Crippen molar-refractivity contribution in [1.82, 2.24) is 0 Å². The highest BCUT2D eigenvalue weighted by molar-refractivity contribution is 7.91. The fourth-order valence-electron chi connectivity index (χ4n) is 1.86. The summed E-state index contributed by atoms with van der Waals surface area (Å²) < 4.78 is 24.1. The van der Waals surface area contributed by atoms with Gasteiger partial charge in [-0.3, -0.25) is 0 Å². The van der Waals surface area contributed by atoms with Gasteiger partial charge in [-0.2, -0.15) is 0 Å². The average molecular weight is 264 g/mol. The maximum atomic E-state index is 12.1. The minimum atomic E-state index is -3.19. The fraction of sp³-hybridized carbons (Fsp3) is 0.286. The summed E-state index contributed by atoms with van der Waals surface area (Å²) in [5.74, 6) is 0.372. The van der Waals surface area contributed by atoms with Gasteiger partial charge in [-0.15, -0.1) is 0 Å². The van der Waals surface area contributed by atoms with Crippen LogP contribution < -0.4 is 0 Å². The lowest BCUT2D eigenvalue weighted by atomic mass is 10.1. The number of phenols is 1. The number of rotatable bonds is 4. The molecule has 3 nitrogen and oxygen atoms in total. The van der Waals surface area contributed by atoms with Gasteiger partial charge in [0, 0.05) is 0 Å². The van der Waals surface area contributed by atoms with Crippen molar-refractivity contribution in [3.8, 4) is 5.75 Å². The van der Waals surface area contributed by atoms with E-state index >= 15 is 0 Å². The summed E-state index contributed by atoms with van der Waals surface area (Å²) in [6.07, 6.45) is 1.54. The van der Waals surface area contributed by atoms with Crippen molar-refractivity contribution < 1.29 is 13.5 Å². The molecule has 0 aliphatic heterocycles. The maximum absolute atomic E-state index is 12.1. The van der Waals surface area contributed by atoms with Crippen LogP contribution in [-0.2, 0) is 9.84 Å². The summed E-state index contributed by atoms with van der Waals surface area (Å²) in [5.41, 5.74) is 0. The van der Waals surface area contributed by atoms with Crippen molar-refractivity contribution >= 4 is 20.6 Å². The molecular formula is C14H16O3S. The Morgan fingerprint density at radius 1 is 1.06 bits per heavy atom. The highest BCUT2D eigenvalue weighted by Crippen LogP contribution is 2.23. The normalized spacial score (nSPS) is 11.8. The van der Waals surface area contributed by atoms with Crippen LogP contribution in [-0.4, -0.2) is 19.3 Å². The lowest BCUT2D eigenvalue weighted by Crippen LogP contribution is -2.06. The molecule has 0 aromatic heterocycles. The quantitative estimate of drug-likeness (QED) is 0.923. The van der Waals surface area contributed by atoms with Gasteiger partial charge in [-0.1, -0.05) is 25.5 Å². The van der Waals surface area contributed by atoms with Gasteiger partial charge < -0.3 is 5.11 Å². The molecule has 0 spiro atoms. The number of unbranched alkanes of at least 4 members (excludes halogenated alkanes) is 1. The number of benzene rings is 2. The zero-order valence-electron chi connectivity index (χ0n) is 10.3. The van der Waals surface area contributed by atoms with Crippen LogP contribution in [0.5, 0.6) is 5.75 Å². The van der Waals surface area contributed by atoms with E-state index in [9.17, 15) is 13.5 Å². The van der Waals surface area contributed by atoms with Gasteiger partial charge in [0.15, 0.2) is 9.84 Å². The van der Waals surface area contributed by atoms with Gasteiger partial charge in [0.05, 0.1) is 10.6 Å². The topological polar surface area (TPSA) is 54.4 Å². The van der Waals surface area contributed by atoms with Crippen LogP contribution in [0.4, 0.5) is 0 Å². The molecule has 0 fully saturated rings. The molecule has 0 amide bonds. The lowest BCUT2D eigenvalue weighted by molar-refractivity contribution is 0.476. The monoisotopic (exact) mass is 264 g/mol. The van der Waals surface area contributed by atoms with Crippen LogP contribution in [0.1, 0.15) is 19.8 Å². The molecule has 2 aromatic rings. The van der Waals surface area contributed by atoms with Gasteiger partial charge in [-0.25, -0.2) is 8.42 Å². The van der Waals surface area contributed by atoms with Gasteiger partial charge in [0.2, 0.25) is 0 Å². The van der Waals surface area contributed by atoms with Crippen molar-refractivity contribution in [3.63, 3.8) is 0 Å². The third kappa shape index (κ3) is 2.64. The Morgan fingerprint density at radius 3 is 2.44 bits per heavy atom. The van der Waals surface area contributed by atoms with Crippen LogP contribution in [0.25, 0.3) is 10.8 Å². The SMILES string of the molecule is CCCCS(=O)(=O)c1ccc2cc(O)ccc2c1. The first-order valence-corrected chi connectivity index (χ1v) is 7.64. The minimum absolute atomic E-state index is 0.184. The molecule has 18 heavy (non-hydrogen) atoms. The van der Waals surface area contributed by atoms with E-state index in [1.54, 1.807) is 36.4 Å². The van der Waals surface area contributed by atoms with Gasteiger partial charge in [-0.05, 0) is 41.5 Å². The molecule has 0 saturated carbocycles. The molecule has 0 aliphatic rings. The van der Waals surface area contributed by atoms with Crippen LogP contribution in [0.3, 0.4) is 0 Å². The number of sulfone groups is 1. The van der Waals surface area contributed by atoms with Crippen molar-refractivity contribution in [1.29, 1.82) is 0 Å². The molecule has 0 heterocycles. The second-order valence-corrected chi connectivity index (χ2v) is 6.47. The molecule has 96 valence electrons. The summed E-state index contributed by atoms with van der Waals surface area (Å²) >= 11 is 0. The van der Waals surface area contributed by atoms with E-state index in [1.807, 2.05) is 6.92 Å². The van der Waals surface area contributed by atoms with E-state index in [2.05, 4.69) is 0 Å². The number of hydrogen-bond acceptors (Lipinski definition) is 3. The minimum Gasteiger partial charge on any atom is -0.508 e. The van der Waals surface area contributed by atoms with Gasteiger partial charge >= 0.3 is 0 Å². The molecule has 2 rings (SSSR count). The summed E-state index contributed by atoms with van der Waals surface area (Å²) in [6.45, 7) is 1.97. The summed E-state index contributed by atoms with van der Waals surface area (Å²) in [7, 11) is -3.19. The van der Waals surface area contributed by atoms with Crippen molar-refractivity contribution in [2.24, 2.45) is 0 Å². The van der Waals surface area contributed by atoms with E-state index in [0.29, 0.717) is 11.3 Å². The Balaban J connectivity index is 2.44. The highest BCUT2D eigenvalue weighted by atomic mass is 32.2. The second-order valence-electron chi connectivity index (χ2n) is 4.37. The van der Waals surface area contributed by atoms with E-state index in [1.165, 1.54) is 0 Å². The Hall–Kier alpha value is -1.55. The standard InChI is InChI=1S/C14H16O3S/c1-2-3-8-18(16,17)14-7-5-11-9-13(15)6-4-12(11)10-14/h4-7,9-10,15H,2-3,8H2,1H3. The largest absolute Gasteiger partial charge is 0.508 e. The Morgan fingerprint density at radius 2 is 1.72 bits per heavy atom. The zero-order valence-corrected chi connectivity index (χ0v) is 11.1. The van der Waals surface area contributed by atoms with E-state index in [-0.39, 0.29) is 11.5 Å². The number of aromatic hydroxyl groups is 1. The van der Waals surface area contributed by atoms with Gasteiger partial charge in [0.25, 0.3) is 0 Å².